The fourth-order valence-electron chi connectivity index (χ4n) is 5.99. The van der Waals surface area contributed by atoms with Crippen LogP contribution < -0.4 is 10.4 Å². The van der Waals surface area contributed by atoms with Crippen LogP contribution in [0.25, 0.3) is 5.53 Å². The zero-order valence-corrected chi connectivity index (χ0v) is 25.0. The first-order valence-electron chi connectivity index (χ1n) is 13.8. The SMILES string of the molecule is CCOC(=O)C(=[N+]=[N-])C(=O)CC[C@]1(C)CC[C@H](O[Si](c2ccccc2)(c2ccccc2)C(C)(C)C)c2cocc21. The first kappa shape index (κ1) is 29.4. The van der Waals surface area contributed by atoms with Crippen molar-refractivity contribution >= 4 is 36.2 Å². The van der Waals surface area contributed by atoms with Crippen molar-refractivity contribution in [1.29, 1.82) is 0 Å². The standard InChI is InChI=1S/C32H38N2O5Si/c1-6-38-30(36)29(34-33)27(35)17-19-32(5)20-18-28(25-21-37-22-26(25)32)39-40(31(2,3)4,23-13-9-7-10-14-23)24-15-11-8-12-16-24/h7-16,21-22,28H,6,17-20H2,1-5H3/t28-,32+/m0/s1. The number of carbonyl (C=O) groups excluding carboxylic acids is 2. The summed E-state index contributed by atoms with van der Waals surface area (Å²) >= 11 is 0. The molecule has 7 nitrogen and oxygen atoms in total. The highest BCUT2D eigenvalue weighted by Gasteiger charge is 2.53. The van der Waals surface area contributed by atoms with E-state index in [9.17, 15) is 15.1 Å². The van der Waals surface area contributed by atoms with Crippen LogP contribution in [0.5, 0.6) is 0 Å². The van der Waals surface area contributed by atoms with E-state index in [1.807, 2.05) is 12.1 Å². The lowest BCUT2D eigenvalue weighted by Gasteiger charge is -2.47. The second-order valence-electron chi connectivity index (χ2n) is 11.7. The van der Waals surface area contributed by atoms with Gasteiger partial charge >= 0.3 is 11.7 Å². The molecule has 0 spiro atoms. The summed E-state index contributed by atoms with van der Waals surface area (Å²) in [7, 11) is -2.79. The minimum Gasteiger partial charge on any atom is -0.472 e. The number of benzene rings is 2. The Kier molecular flexibility index (Phi) is 8.73. The Morgan fingerprint density at radius 2 is 1.65 bits per heavy atom. The van der Waals surface area contributed by atoms with Crippen LogP contribution in [0.15, 0.2) is 77.6 Å². The van der Waals surface area contributed by atoms with Crippen molar-refractivity contribution in [2.45, 2.75) is 76.9 Å². The van der Waals surface area contributed by atoms with Crippen LogP contribution in [0.3, 0.4) is 0 Å². The lowest BCUT2D eigenvalue weighted by molar-refractivity contribution is -0.141. The largest absolute Gasteiger partial charge is 0.472 e. The number of Topliss-reactive ketones (excluding diaryl/α,β-unsaturated/α-hetero) is 1. The maximum Gasteiger partial charge on any atom is 0.441 e. The van der Waals surface area contributed by atoms with Gasteiger partial charge in [-0.15, -0.1) is 0 Å². The molecule has 0 bridgehead atoms. The number of hydrogen-bond acceptors (Lipinski definition) is 5. The van der Waals surface area contributed by atoms with Crippen molar-refractivity contribution in [2.75, 3.05) is 6.61 Å². The van der Waals surface area contributed by atoms with Crippen molar-refractivity contribution in [3.8, 4) is 0 Å². The zero-order valence-electron chi connectivity index (χ0n) is 24.0. The van der Waals surface area contributed by atoms with Crippen LogP contribution in [-0.2, 0) is 24.2 Å². The van der Waals surface area contributed by atoms with E-state index < -0.39 is 25.8 Å². The second-order valence-corrected chi connectivity index (χ2v) is 16.0. The van der Waals surface area contributed by atoms with Crippen molar-refractivity contribution < 1.29 is 28.0 Å². The van der Waals surface area contributed by atoms with Gasteiger partial charge in [0.25, 0.3) is 14.1 Å². The van der Waals surface area contributed by atoms with Gasteiger partial charge in [-0.2, -0.15) is 4.79 Å². The number of fused-ring (bicyclic) bond motifs is 1. The third kappa shape index (κ3) is 5.52. The summed E-state index contributed by atoms with van der Waals surface area (Å²) in [6.45, 7) is 10.6. The van der Waals surface area contributed by atoms with E-state index in [2.05, 4.69) is 81.0 Å². The van der Waals surface area contributed by atoms with Crippen molar-refractivity contribution in [1.82, 2.24) is 0 Å². The predicted octanol–water partition coefficient (Wildman–Crippen LogP) is 5.53. The van der Waals surface area contributed by atoms with Gasteiger partial charge in [-0.1, -0.05) is 88.4 Å². The van der Waals surface area contributed by atoms with Crippen LogP contribution in [-0.4, -0.2) is 37.2 Å². The summed E-state index contributed by atoms with van der Waals surface area (Å²) in [5, 5.41) is 2.26. The van der Waals surface area contributed by atoms with Gasteiger partial charge in [0.05, 0.1) is 25.2 Å². The molecule has 1 heterocycles. The quantitative estimate of drug-likeness (QED) is 0.0813. The number of hydrogen-bond donors (Lipinski definition) is 0. The van der Waals surface area contributed by atoms with E-state index in [0.717, 1.165) is 24.0 Å². The molecule has 0 N–H and O–H groups in total. The molecular formula is C32H38N2O5Si. The fraction of sp³-hybridized carbons (Fsp3) is 0.406. The molecule has 1 aromatic heterocycles. The third-order valence-corrected chi connectivity index (χ3v) is 13.2. The van der Waals surface area contributed by atoms with Gasteiger partial charge in [-0.3, -0.25) is 4.79 Å². The average Bonchev–Trinajstić information content (AvgIpc) is 3.45. The highest BCUT2D eigenvalue weighted by Crippen LogP contribution is 2.49. The molecule has 4 rings (SSSR count). The lowest BCUT2D eigenvalue weighted by Crippen LogP contribution is -2.67. The Bertz CT molecular complexity index is 1350. The summed E-state index contributed by atoms with van der Waals surface area (Å²) in [4.78, 5) is 27.7. The van der Waals surface area contributed by atoms with Crippen molar-refractivity contribution in [2.24, 2.45) is 0 Å². The molecule has 8 heteroatoms. The van der Waals surface area contributed by atoms with Gasteiger partial charge in [-0.25, -0.2) is 4.79 Å². The molecular weight excluding hydrogens is 520 g/mol. The van der Waals surface area contributed by atoms with E-state index in [1.54, 1.807) is 19.5 Å². The summed E-state index contributed by atoms with van der Waals surface area (Å²) in [5.74, 6) is -1.45. The molecule has 0 aliphatic heterocycles. The first-order valence-corrected chi connectivity index (χ1v) is 15.8. The molecule has 1 aliphatic rings. The van der Waals surface area contributed by atoms with Gasteiger partial charge in [-0.05, 0) is 47.0 Å². The van der Waals surface area contributed by atoms with Gasteiger partial charge in [0, 0.05) is 17.5 Å². The molecule has 2 atom stereocenters. The average molecular weight is 559 g/mol. The summed E-state index contributed by atoms with van der Waals surface area (Å²) < 4.78 is 18.1. The van der Waals surface area contributed by atoms with Crippen LogP contribution in [0.4, 0.5) is 0 Å². The Morgan fingerprint density at radius 1 is 1.05 bits per heavy atom. The first-order chi connectivity index (χ1) is 19.1. The number of ketones is 1. The minimum absolute atomic E-state index is 0.0412. The fourth-order valence-corrected chi connectivity index (χ4v) is 10.7. The summed E-state index contributed by atoms with van der Waals surface area (Å²) in [6, 6.07) is 21.1. The van der Waals surface area contributed by atoms with E-state index in [0.29, 0.717) is 6.42 Å². The summed E-state index contributed by atoms with van der Waals surface area (Å²) in [5.41, 5.74) is 10.3. The normalized spacial score (nSPS) is 18.9. The number of carbonyl (C=O) groups is 2. The number of ether oxygens (including phenoxy) is 1. The van der Waals surface area contributed by atoms with E-state index in [1.165, 1.54) is 10.4 Å². The van der Waals surface area contributed by atoms with Crippen LogP contribution in [0.1, 0.15) is 77.5 Å². The van der Waals surface area contributed by atoms with Crippen molar-refractivity contribution in [3.63, 3.8) is 0 Å². The van der Waals surface area contributed by atoms with Gasteiger partial charge in [0.1, 0.15) is 0 Å². The Hall–Kier alpha value is -3.58. The summed E-state index contributed by atoms with van der Waals surface area (Å²) in [6.07, 6.45) is 5.37. The Balaban J connectivity index is 1.67. The molecule has 3 aromatic rings. The molecule has 0 fully saturated rings. The topological polar surface area (TPSA) is 102 Å². The molecule has 0 unspecified atom stereocenters. The van der Waals surface area contributed by atoms with Gasteiger partial charge in [0.2, 0.25) is 0 Å². The zero-order chi connectivity index (χ0) is 29.0. The maximum atomic E-state index is 12.8. The molecule has 0 amide bonds. The molecule has 0 radical (unpaired) electrons. The Morgan fingerprint density at radius 3 is 2.17 bits per heavy atom. The lowest BCUT2D eigenvalue weighted by atomic mass is 9.69. The number of nitrogens with zero attached hydrogens (tertiary/aromatic N) is 2. The van der Waals surface area contributed by atoms with E-state index >= 15 is 0 Å². The van der Waals surface area contributed by atoms with Gasteiger partial charge < -0.3 is 19.1 Å². The van der Waals surface area contributed by atoms with E-state index in [-0.39, 0.29) is 29.6 Å². The van der Waals surface area contributed by atoms with Crippen LogP contribution in [0.2, 0.25) is 5.04 Å². The predicted molar refractivity (Wildman–Crippen MR) is 156 cm³/mol. The third-order valence-electron chi connectivity index (χ3n) is 8.12. The highest BCUT2D eigenvalue weighted by molar-refractivity contribution is 6.99. The number of esters is 1. The van der Waals surface area contributed by atoms with Crippen LogP contribution >= 0.6 is 0 Å². The smallest absolute Gasteiger partial charge is 0.441 e. The van der Waals surface area contributed by atoms with Crippen molar-refractivity contribution in [3.05, 3.63) is 89.8 Å². The Labute approximate surface area is 237 Å². The van der Waals surface area contributed by atoms with Gasteiger partial charge in [0.15, 0.2) is 0 Å². The molecule has 0 saturated carbocycles. The number of rotatable bonds is 10. The molecule has 2 aromatic carbocycles. The molecule has 1 aliphatic carbocycles. The molecule has 0 saturated heterocycles. The molecule has 40 heavy (non-hydrogen) atoms. The highest BCUT2D eigenvalue weighted by atomic mass is 28.4. The second kappa shape index (κ2) is 11.9. The maximum absolute atomic E-state index is 12.8. The van der Waals surface area contributed by atoms with E-state index in [4.69, 9.17) is 13.6 Å². The monoisotopic (exact) mass is 558 g/mol. The number of furan rings is 1. The minimum atomic E-state index is -2.79. The molecule has 210 valence electrons. The van der Waals surface area contributed by atoms with Crippen LogP contribution in [0, 0.1) is 0 Å².